The summed E-state index contributed by atoms with van der Waals surface area (Å²) < 4.78 is 0. The van der Waals surface area contributed by atoms with Crippen molar-refractivity contribution in [2.24, 2.45) is 5.92 Å². The molecule has 0 aliphatic carbocycles. The maximum Gasteiger partial charge on any atom is 0.0380 e. The molecule has 1 fully saturated rings. The SMILES string of the molecule is CCc1cc(N2CCC(C)CC2)cc(CC)c1N. The van der Waals surface area contributed by atoms with Gasteiger partial charge in [0.05, 0.1) is 0 Å². The van der Waals surface area contributed by atoms with Crippen LogP contribution in [0.4, 0.5) is 11.4 Å². The van der Waals surface area contributed by atoms with Crippen LogP contribution in [0.15, 0.2) is 12.1 Å². The van der Waals surface area contributed by atoms with Gasteiger partial charge in [-0.3, -0.25) is 0 Å². The molecule has 0 saturated carbocycles. The van der Waals surface area contributed by atoms with Gasteiger partial charge in [0.25, 0.3) is 0 Å². The fourth-order valence-corrected chi connectivity index (χ4v) is 2.79. The molecule has 0 unspecified atom stereocenters. The summed E-state index contributed by atoms with van der Waals surface area (Å²) in [5.74, 6) is 0.881. The average molecular weight is 246 g/mol. The molecule has 0 bridgehead atoms. The molecule has 18 heavy (non-hydrogen) atoms. The molecule has 1 aliphatic rings. The van der Waals surface area contributed by atoms with E-state index in [9.17, 15) is 0 Å². The molecule has 2 heteroatoms. The first-order valence-electron chi connectivity index (χ1n) is 7.31. The molecule has 2 N–H and O–H groups in total. The van der Waals surface area contributed by atoms with Crippen LogP contribution in [-0.2, 0) is 12.8 Å². The minimum atomic E-state index is 0.881. The molecule has 100 valence electrons. The standard InChI is InChI=1S/C16H26N2/c1-4-13-10-15(11-14(5-2)16(13)17)18-8-6-12(3)7-9-18/h10-12H,4-9,17H2,1-3H3. The second kappa shape index (κ2) is 5.64. The summed E-state index contributed by atoms with van der Waals surface area (Å²) in [5, 5.41) is 0. The van der Waals surface area contributed by atoms with Crippen molar-refractivity contribution >= 4 is 11.4 Å². The second-order valence-corrected chi connectivity index (χ2v) is 5.55. The Bertz CT molecular complexity index is 379. The van der Waals surface area contributed by atoms with Gasteiger partial charge in [0.2, 0.25) is 0 Å². The van der Waals surface area contributed by atoms with Crippen LogP contribution in [0.1, 0.15) is 44.7 Å². The highest BCUT2D eigenvalue weighted by Gasteiger charge is 2.17. The number of nitrogen functional groups attached to an aromatic ring is 1. The van der Waals surface area contributed by atoms with E-state index in [0.29, 0.717) is 0 Å². The monoisotopic (exact) mass is 246 g/mol. The van der Waals surface area contributed by atoms with E-state index in [2.05, 4.69) is 37.8 Å². The molecule has 0 amide bonds. The number of benzene rings is 1. The van der Waals surface area contributed by atoms with Crippen LogP contribution in [0, 0.1) is 5.92 Å². The zero-order valence-electron chi connectivity index (χ0n) is 12.0. The molecule has 1 saturated heterocycles. The van der Waals surface area contributed by atoms with Gasteiger partial charge in [-0.1, -0.05) is 20.8 Å². The highest BCUT2D eigenvalue weighted by molar-refractivity contribution is 5.63. The van der Waals surface area contributed by atoms with Crippen LogP contribution in [0.2, 0.25) is 0 Å². The zero-order chi connectivity index (χ0) is 13.1. The fourth-order valence-electron chi connectivity index (χ4n) is 2.79. The number of hydrogen-bond donors (Lipinski definition) is 1. The highest BCUT2D eigenvalue weighted by Crippen LogP contribution is 2.29. The van der Waals surface area contributed by atoms with Crippen LogP contribution >= 0.6 is 0 Å². The number of rotatable bonds is 3. The van der Waals surface area contributed by atoms with Gasteiger partial charge in [0, 0.05) is 24.5 Å². The van der Waals surface area contributed by atoms with Crippen molar-refractivity contribution in [1.29, 1.82) is 0 Å². The van der Waals surface area contributed by atoms with E-state index in [-0.39, 0.29) is 0 Å². The van der Waals surface area contributed by atoms with Gasteiger partial charge in [-0.2, -0.15) is 0 Å². The van der Waals surface area contributed by atoms with E-state index >= 15 is 0 Å². The fraction of sp³-hybridized carbons (Fsp3) is 0.625. The van der Waals surface area contributed by atoms with E-state index < -0.39 is 0 Å². The largest absolute Gasteiger partial charge is 0.398 e. The third-order valence-electron chi connectivity index (χ3n) is 4.25. The van der Waals surface area contributed by atoms with Crippen LogP contribution < -0.4 is 10.6 Å². The number of anilines is 2. The highest BCUT2D eigenvalue weighted by atomic mass is 15.1. The van der Waals surface area contributed by atoms with Crippen molar-refractivity contribution in [2.75, 3.05) is 23.7 Å². The maximum atomic E-state index is 6.21. The third-order valence-corrected chi connectivity index (χ3v) is 4.25. The molecular formula is C16H26N2. The van der Waals surface area contributed by atoms with Crippen molar-refractivity contribution in [3.8, 4) is 0 Å². The Balaban J connectivity index is 2.27. The molecule has 2 nitrogen and oxygen atoms in total. The summed E-state index contributed by atoms with van der Waals surface area (Å²) in [7, 11) is 0. The summed E-state index contributed by atoms with van der Waals surface area (Å²) in [4.78, 5) is 2.53. The van der Waals surface area contributed by atoms with Gasteiger partial charge in [-0.15, -0.1) is 0 Å². The lowest BCUT2D eigenvalue weighted by atomic mass is 9.97. The minimum absolute atomic E-state index is 0.881. The normalized spacial score (nSPS) is 17.2. The molecule has 1 aliphatic heterocycles. The van der Waals surface area contributed by atoms with Crippen molar-refractivity contribution in [3.63, 3.8) is 0 Å². The summed E-state index contributed by atoms with van der Waals surface area (Å²) in [6.45, 7) is 9.12. The predicted octanol–water partition coefficient (Wildman–Crippen LogP) is 3.63. The lowest BCUT2D eigenvalue weighted by molar-refractivity contribution is 0.438. The zero-order valence-corrected chi connectivity index (χ0v) is 12.0. The minimum Gasteiger partial charge on any atom is -0.398 e. The molecule has 1 aromatic carbocycles. The van der Waals surface area contributed by atoms with Crippen LogP contribution in [0.5, 0.6) is 0 Å². The number of hydrogen-bond acceptors (Lipinski definition) is 2. The number of aryl methyl sites for hydroxylation is 2. The Morgan fingerprint density at radius 1 is 1.11 bits per heavy atom. The Kier molecular flexibility index (Phi) is 4.15. The van der Waals surface area contributed by atoms with Gasteiger partial charge in [0.1, 0.15) is 0 Å². The first-order valence-corrected chi connectivity index (χ1v) is 7.31. The van der Waals surface area contributed by atoms with Crippen LogP contribution in [0.25, 0.3) is 0 Å². The smallest absolute Gasteiger partial charge is 0.0380 e. The van der Waals surface area contributed by atoms with E-state index in [1.54, 1.807) is 0 Å². The van der Waals surface area contributed by atoms with Crippen molar-refractivity contribution in [3.05, 3.63) is 23.3 Å². The van der Waals surface area contributed by atoms with Crippen molar-refractivity contribution < 1.29 is 0 Å². The third kappa shape index (κ3) is 2.63. The quantitative estimate of drug-likeness (QED) is 0.825. The van der Waals surface area contributed by atoms with Gasteiger partial charge < -0.3 is 10.6 Å². The molecule has 1 aromatic rings. The maximum absolute atomic E-state index is 6.21. The summed E-state index contributed by atoms with van der Waals surface area (Å²) in [6.07, 6.45) is 4.68. The molecular weight excluding hydrogens is 220 g/mol. The summed E-state index contributed by atoms with van der Waals surface area (Å²) in [5.41, 5.74) is 11.2. The first kappa shape index (κ1) is 13.3. The van der Waals surface area contributed by atoms with Gasteiger partial charge in [-0.05, 0) is 54.9 Å². The van der Waals surface area contributed by atoms with E-state index in [0.717, 1.165) is 24.4 Å². The van der Waals surface area contributed by atoms with Gasteiger partial charge in [0.15, 0.2) is 0 Å². The van der Waals surface area contributed by atoms with Crippen molar-refractivity contribution in [2.45, 2.75) is 46.5 Å². The molecule has 2 rings (SSSR count). The summed E-state index contributed by atoms with van der Waals surface area (Å²) in [6, 6.07) is 4.59. The Morgan fingerprint density at radius 2 is 1.61 bits per heavy atom. The molecule has 1 heterocycles. The average Bonchev–Trinajstić information content (AvgIpc) is 2.40. The number of nitrogens with zero attached hydrogens (tertiary/aromatic N) is 1. The van der Waals surface area contributed by atoms with E-state index in [1.165, 1.54) is 42.7 Å². The lowest BCUT2D eigenvalue weighted by Gasteiger charge is -2.33. The lowest BCUT2D eigenvalue weighted by Crippen LogP contribution is -2.32. The Hall–Kier alpha value is -1.18. The molecule has 0 atom stereocenters. The summed E-state index contributed by atoms with van der Waals surface area (Å²) >= 11 is 0. The van der Waals surface area contributed by atoms with Gasteiger partial charge >= 0.3 is 0 Å². The van der Waals surface area contributed by atoms with Crippen LogP contribution in [0.3, 0.4) is 0 Å². The van der Waals surface area contributed by atoms with E-state index in [4.69, 9.17) is 5.73 Å². The van der Waals surface area contributed by atoms with Crippen molar-refractivity contribution in [1.82, 2.24) is 0 Å². The molecule has 0 radical (unpaired) electrons. The topological polar surface area (TPSA) is 29.3 Å². The number of nitrogens with two attached hydrogens (primary N) is 1. The second-order valence-electron chi connectivity index (χ2n) is 5.55. The Morgan fingerprint density at radius 3 is 2.06 bits per heavy atom. The molecule has 0 aromatic heterocycles. The van der Waals surface area contributed by atoms with Crippen LogP contribution in [-0.4, -0.2) is 13.1 Å². The van der Waals surface area contributed by atoms with E-state index in [1.807, 2.05) is 0 Å². The first-order chi connectivity index (χ1) is 8.65. The Labute approximate surface area is 111 Å². The predicted molar refractivity (Wildman–Crippen MR) is 80.2 cm³/mol. The molecule has 0 spiro atoms. The number of piperidine rings is 1. The van der Waals surface area contributed by atoms with Gasteiger partial charge in [-0.25, -0.2) is 0 Å².